The maximum absolute atomic E-state index is 12.4. The first-order valence-corrected chi connectivity index (χ1v) is 7.68. The first-order chi connectivity index (χ1) is 9.14. The highest BCUT2D eigenvalue weighted by atomic mass is 32.2. The smallest absolute Gasteiger partial charge is 0.207 e. The lowest BCUT2D eigenvalue weighted by Crippen LogP contribution is -2.35. The molecule has 1 heterocycles. The molecule has 0 aromatic heterocycles. The summed E-state index contributed by atoms with van der Waals surface area (Å²) in [6.07, 6.45) is 2.94. The van der Waals surface area contributed by atoms with Crippen molar-refractivity contribution in [2.45, 2.75) is 30.7 Å². The summed E-state index contributed by atoms with van der Waals surface area (Å²) in [6, 6.07) is 6.52. The summed E-state index contributed by atoms with van der Waals surface area (Å²) in [6.45, 7) is 1.44. The van der Waals surface area contributed by atoms with Crippen LogP contribution in [0.5, 0.6) is 0 Å². The Kier molecular flexibility index (Phi) is 4.42. The summed E-state index contributed by atoms with van der Waals surface area (Å²) in [5.74, 6) is 0. The summed E-state index contributed by atoms with van der Waals surface area (Å²) in [4.78, 5) is 2.98. The number of piperidine rings is 1. The van der Waals surface area contributed by atoms with Crippen molar-refractivity contribution >= 4 is 10.0 Å². The van der Waals surface area contributed by atoms with Gasteiger partial charge in [-0.1, -0.05) is 23.7 Å². The molecule has 0 bridgehead atoms. The number of nitrogens with zero attached hydrogens (tertiary/aromatic N) is 4. The molecule has 19 heavy (non-hydrogen) atoms. The second kappa shape index (κ2) is 6.06. The highest BCUT2D eigenvalue weighted by Crippen LogP contribution is 2.20. The fourth-order valence-electron chi connectivity index (χ4n) is 2.13. The predicted octanol–water partition coefficient (Wildman–Crippen LogP) is 2.67. The average molecular weight is 280 g/mol. The third kappa shape index (κ3) is 3.26. The quantitative estimate of drug-likeness (QED) is 0.482. The molecule has 1 fully saturated rings. The zero-order chi connectivity index (χ0) is 13.7. The van der Waals surface area contributed by atoms with E-state index in [1.54, 1.807) is 28.6 Å². The van der Waals surface area contributed by atoms with Gasteiger partial charge >= 0.3 is 0 Å². The van der Waals surface area contributed by atoms with Crippen molar-refractivity contribution in [2.24, 2.45) is 5.11 Å². The van der Waals surface area contributed by atoms with Crippen LogP contribution in [0.3, 0.4) is 0 Å². The van der Waals surface area contributed by atoms with Crippen LogP contribution in [0.2, 0.25) is 0 Å². The van der Waals surface area contributed by atoms with Gasteiger partial charge in [-0.25, -0.2) is 8.42 Å². The molecule has 1 aliphatic heterocycles. The van der Waals surface area contributed by atoms with E-state index in [1.807, 2.05) is 0 Å². The van der Waals surface area contributed by atoms with E-state index in [9.17, 15) is 8.42 Å². The van der Waals surface area contributed by atoms with Crippen LogP contribution < -0.4 is 0 Å². The van der Waals surface area contributed by atoms with Gasteiger partial charge in [-0.3, -0.25) is 0 Å². The lowest BCUT2D eigenvalue weighted by Gasteiger charge is -2.25. The summed E-state index contributed by atoms with van der Waals surface area (Å²) < 4.78 is 26.3. The zero-order valence-corrected chi connectivity index (χ0v) is 11.4. The zero-order valence-electron chi connectivity index (χ0n) is 10.6. The Labute approximate surface area is 112 Å². The monoisotopic (exact) mass is 280 g/mol. The molecule has 1 saturated heterocycles. The number of benzene rings is 1. The van der Waals surface area contributed by atoms with E-state index >= 15 is 0 Å². The standard InChI is InChI=1S/C12H16N4O2S/c13-15-14-10-11-4-6-12(7-5-11)19(17,18)16-8-2-1-3-9-16/h4-7H,1-3,8-10H2. The van der Waals surface area contributed by atoms with E-state index < -0.39 is 10.0 Å². The third-order valence-electron chi connectivity index (χ3n) is 3.19. The van der Waals surface area contributed by atoms with Crippen LogP contribution in [0.15, 0.2) is 34.3 Å². The third-order valence-corrected chi connectivity index (χ3v) is 5.11. The average Bonchev–Trinajstić information content (AvgIpc) is 2.46. The second-order valence-electron chi connectivity index (χ2n) is 4.50. The molecule has 0 spiro atoms. The number of hydrogen-bond acceptors (Lipinski definition) is 3. The fraction of sp³-hybridized carbons (Fsp3) is 0.500. The Morgan fingerprint density at radius 3 is 2.37 bits per heavy atom. The van der Waals surface area contributed by atoms with Crippen molar-refractivity contribution in [3.63, 3.8) is 0 Å². The van der Waals surface area contributed by atoms with Gasteiger partial charge in [-0.15, -0.1) is 0 Å². The van der Waals surface area contributed by atoms with Gasteiger partial charge in [0.1, 0.15) is 0 Å². The minimum atomic E-state index is -3.37. The lowest BCUT2D eigenvalue weighted by molar-refractivity contribution is 0.346. The number of hydrogen-bond donors (Lipinski definition) is 0. The van der Waals surface area contributed by atoms with Gasteiger partial charge in [0.25, 0.3) is 0 Å². The Morgan fingerprint density at radius 1 is 1.16 bits per heavy atom. The Balaban J connectivity index is 2.18. The first kappa shape index (κ1) is 13.9. The van der Waals surface area contributed by atoms with E-state index in [2.05, 4.69) is 10.0 Å². The minimum Gasteiger partial charge on any atom is -0.207 e. The fourth-order valence-corrected chi connectivity index (χ4v) is 3.65. The number of azide groups is 1. The van der Waals surface area contributed by atoms with E-state index in [1.165, 1.54) is 0 Å². The van der Waals surface area contributed by atoms with Crippen molar-refractivity contribution in [2.75, 3.05) is 13.1 Å². The van der Waals surface area contributed by atoms with Gasteiger partial charge in [-0.2, -0.15) is 4.31 Å². The van der Waals surface area contributed by atoms with Gasteiger partial charge in [0, 0.05) is 18.0 Å². The van der Waals surface area contributed by atoms with E-state index in [0.29, 0.717) is 18.0 Å². The molecule has 1 aliphatic rings. The van der Waals surface area contributed by atoms with Crippen LogP contribution in [-0.4, -0.2) is 25.8 Å². The topological polar surface area (TPSA) is 86.1 Å². The molecule has 2 rings (SSSR count). The normalized spacial score (nSPS) is 16.8. The van der Waals surface area contributed by atoms with Crippen molar-refractivity contribution in [3.8, 4) is 0 Å². The first-order valence-electron chi connectivity index (χ1n) is 6.24. The van der Waals surface area contributed by atoms with Crippen molar-refractivity contribution in [1.82, 2.24) is 4.31 Å². The number of sulfonamides is 1. The molecular weight excluding hydrogens is 264 g/mol. The Bertz CT molecular complexity index is 570. The van der Waals surface area contributed by atoms with Gasteiger partial charge < -0.3 is 0 Å². The summed E-state index contributed by atoms with van der Waals surface area (Å²) in [5, 5.41) is 3.44. The second-order valence-corrected chi connectivity index (χ2v) is 6.44. The summed E-state index contributed by atoms with van der Waals surface area (Å²) in [5.41, 5.74) is 9.04. The molecular formula is C12H16N4O2S. The molecule has 7 heteroatoms. The van der Waals surface area contributed by atoms with Gasteiger partial charge in [-0.05, 0) is 36.1 Å². The molecule has 102 valence electrons. The maximum atomic E-state index is 12.4. The van der Waals surface area contributed by atoms with Crippen LogP contribution in [0, 0.1) is 0 Å². The molecule has 0 N–H and O–H groups in total. The van der Waals surface area contributed by atoms with Gasteiger partial charge in [0.2, 0.25) is 10.0 Å². The molecule has 1 aromatic rings. The lowest BCUT2D eigenvalue weighted by atomic mass is 10.2. The number of rotatable bonds is 4. The summed E-state index contributed by atoms with van der Waals surface area (Å²) >= 11 is 0. The van der Waals surface area contributed by atoms with Crippen LogP contribution in [0.25, 0.3) is 10.4 Å². The molecule has 6 nitrogen and oxygen atoms in total. The SMILES string of the molecule is [N-]=[N+]=NCc1ccc(S(=O)(=O)N2CCCCC2)cc1. The van der Waals surface area contributed by atoms with Gasteiger partial charge in [0.15, 0.2) is 0 Å². The van der Waals surface area contributed by atoms with Crippen molar-refractivity contribution in [1.29, 1.82) is 0 Å². The molecule has 0 aliphatic carbocycles. The van der Waals surface area contributed by atoms with E-state index in [4.69, 9.17) is 5.53 Å². The molecule has 0 atom stereocenters. The maximum Gasteiger partial charge on any atom is 0.243 e. The van der Waals surface area contributed by atoms with Crippen LogP contribution in [0.1, 0.15) is 24.8 Å². The van der Waals surface area contributed by atoms with E-state index in [0.717, 1.165) is 24.8 Å². The highest BCUT2D eigenvalue weighted by molar-refractivity contribution is 7.89. The molecule has 0 saturated carbocycles. The van der Waals surface area contributed by atoms with Crippen molar-refractivity contribution in [3.05, 3.63) is 40.3 Å². The molecule has 0 radical (unpaired) electrons. The van der Waals surface area contributed by atoms with Crippen LogP contribution >= 0.6 is 0 Å². The highest BCUT2D eigenvalue weighted by Gasteiger charge is 2.25. The van der Waals surface area contributed by atoms with Crippen LogP contribution in [-0.2, 0) is 16.6 Å². The summed E-state index contributed by atoms with van der Waals surface area (Å²) in [7, 11) is -3.37. The Hall–Kier alpha value is -1.56. The van der Waals surface area contributed by atoms with Gasteiger partial charge in [0.05, 0.1) is 11.4 Å². The van der Waals surface area contributed by atoms with E-state index in [-0.39, 0.29) is 6.54 Å². The Morgan fingerprint density at radius 2 is 1.79 bits per heavy atom. The molecule has 0 amide bonds. The van der Waals surface area contributed by atoms with Crippen molar-refractivity contribution < 1.29 is 8.42 Å². The molecule has 1 aromatic carbocycles. The molecule has 0 unspecified atom stereocenters. The minimum absolute atomic E-state index is 0.237. The van der Waals surface area contributed by atoms with Crippen LogP contribution in [0.4, 0.5) is 0 Å². The predicted molar refractivity (Wildman–Crippen MR) is 71.9 cm³/mol. The largest absolute Gasteiger partial charge is 0.243 e.